The molecule has 2 heteroatoms. The fourth-order valence-corrected chi connectivity index (χ4v) is 3.49. The highest BCUT2D eigenvalue weighted by molar-refractivity contribution is 5.85. The molecule has 2 nitrogen and oxygen atoms in total. The maximum Gasteiger partial charge on any atom is 0.0516 e. The molecule has 0 amide bonds. The number of benzene rings is 1. The normalized spacial score (nSPS) is 23.4. The van der Waals surface area contributed by atoms with Crippen LogP contribution in [0.4, 0.5) is 0 Å². The van der Waals surface area contributed by atoms with E-state index in [0.29, 0.717) is 6.04 Å². The predicted octanol–water partition coefficient (Wildman–Crippen LogP) is 3.01. The summed E-state index contributed by atoms with van der Waals surface area (Å²) in [5.41, 5.74) is 4.55. The average Bonchev–Trinajstić information content (AvgIpc) is 2.97. The Bertz CT molecular complexity index is 562. The summed E-state index contributed by atoms with van der Waals surface area (Å²) in [6.07, 6.45) is 5.22. The fourth-order valence-electron chi connectivity index (χ4n) is 3.49. The van der Waals surface area contributed by atoms with Crippen LogP contribution in [0, 0.1) is 0 Å². The van der Waals surface area contributed by atoms with Gasteiger partial charge in [-0.3, -0.25) is 0 Å². The summed E-state index contributed by atoms with van der Waals surface area (Å²) in [4.78, 5) is 0. The van der Waals surface area contributed by atoms with E-state index in [1.807, 2.05) is 0 Å². The Hall–Kier alpha value is -1.28. The van der Waals surface area contributed by atoms with Crippen molar-refractivity contribution in [1.29, 1.82) is 0 Å². The number of nitrogens with one attached hydrogen (secondary N) is 1. The monoisotopic (exact) mass is 226 g/mol. The summed E-state index contributed by atoms with van der Waals surface area (Å²) in [6.45, 7) is 2.36. The fraction of sp³-hybridized carbons (Fsp3) is 0.467. The average molecular weight is 226 g/mol. The summed E-state index contributed by atoms with van der Waals surface area (Å²) < 4.78 is 2.55. The SMILES string of the molecule is c1cc2c3c(c1)cc(C1CCCCN1)n3CC2. The van der Waals surface area contributed by atoms with Crippen molar-refractivity contribution in [3.05, 3.63) is 35.5 Å². The van der Waals surface area contributed by atoms with Crippen molar-refractivity contribution in [1.82, 2.24) is 9.88 Å². The standard InChI is InChI=1S/C15H18N2/c1-2-8-16-13(6-1)14-10-12-5-3-4-11-7-9-17(14)15(11)12/h3-5,10,13,16H,1-2,6-9H2. The largest absolute Gasteiger partial charge is 0.342 e. The summed E-state index contributed by atoms with van der Waals surface area (Å²) in [7, 11) is 0. The number of aryl methyl sites for hydroxylation is 2. The molecule has 1 aromatic carbocycles. The highest BCUT2D eigenvalue weighted by atomic mass is 15.1. The first kappa shape index (κ1) is 9.72. The van der Waals surface area contributed by atoms with E-state index in [2.05, 4.69) is 34.1 Å². The Balaban J connectivity index is 1.87. The molecule has 1 N–H and O–H groups in total. The van der Waals surface area contributed by atoms with Gasteiger partial charge in [-0.15, -0.1) is 0 Å². The zero-order valence-corrected chi connectivity index (χ0v) is 10.1. The van der Waals surface area contributed by atoms with Gasteiger partial charge in [0.1, 0.15) is 0 Å². The molecule has 88 valence electrons. The molecule has 3 heterocycles. The predicted molar refractivity (Wildman–Crippen MR) is 70.2 cm³/mol. The van der Waals surface area contributed by atoms with Gasteiger partial charge >= 0.3 is 0 Å². The van der Waals surface area contributed by atoms with E-state index in [4.69, 9.17) is 0 Å². The van der Waals surface area contributed by atoms with Crippen LogP contribution in [0.25, 0.3) is 10.9 Å². The number of aromatic nitrogens is 1. The minimum atomic E-state index is 0.585. The van der Waals surface area contributed by atoms with E-state index in [-0.39, 0.29) is 0 Å². The molecular weight excluding hydrogens is 208 g/mol. The summed E-state index contributed by atoms with van der Waals surface area (Å²) in [6, 6.07) is 9.73. The molecule has 1 unspecified atom stereocenters. The van der Waals surface area contributed by atoms with Gasteiger partial charge < -0.3 is 9.88 Å². The van der Waals surface area contributed by atoms with E-state index >= 15 is 0 Å². The van der Waals surface area contributed by atoms with Gasteiger partial charge in [-0.25, -0.2) is 0 Å². The van der Waals surface area contributed by atoms with Crippen LogP contribution in [0.2, 0.25) is 0 Å². The lowest BCUT2D eigenvalue weighted by atomic mass is 10.0. The van der Waals surface area contributed by atoms with Gasteiger partial charge in [-0.05, 0) is 37.4 Å². The lowest BCUT2D eigenvalue weighted by Gasteiger charge is -2.24. The number of piperidine rings is 1. The van der Waals surface area contributed by atoms with Crippen LogP contribution in [0.1, 0.15) is 36.6 Å². The second kappa shape index (κ2) is 3.61. The van der Waals surface area contributed by atoms with Crippen molar-refractivity contribution >= 4 is 10.9 Å². The van der Waals surface area contributed by atoms with Gasteiger partial charge in [-0.1, -0.05) is 24.6 Å². The van der Waals surface area contributed by atoms with Crippen molar-refractivity contribution in [3.63, 3.8) is 0 Å². The van der Waals surface area contributed by atoms with Crippen LogP contribution in [0.5, 0.6) is 0 Å². The molecular formula is C15H18N2. The molecule has 1 atom stereocenters. The van der Waals surface area contributed by atoms with Gasteiger partial charge in [0.25, 0.3) is 0 Å². The number of hydrogen-bond acceptors (Lipinski definition) is 1. The smallest absolute Gasteiger partial charge is 0.0516 e. The van der Waals surface area contributed by atoms with Crippen molar-refractivity contribution < 1.29 is 0 Å². The lowest BCUT2D eigenvalue weighted by Crippen LogP contribution is -2.28. The van der Waals surface area contributed by atoms with Gasteiger partial charge in [0.2, 0.25) is 0 Å². The van der Waals surface area contributed by atoms with Crippen LogP contribution in [0.15, 0.2) is 24.3 Å². The number of hydrogen-bond donors (Lipinski definition) is 1. The number of para-hydroxylation sites is 1. The molecule has 0 spiro atoms. The lowest BCUT2D eigenvalue weighted by molar-refractivity contribution is 0.396. The molecule has 2 aromatic rings. The van der Waals surface area contributed by atoms with E-state index in [9.17, 15) is 0 Å². The zero-order valence-electron chi connectivity index (χ0n) is 10.1. The molecule has 0 bridgehead atoms. The topological polar surface area (TPSA) is 17.0 Å². The van der Waals surface area contributed by atoms with E-state index < -0.39 is 0 Å². The minimum absolute atomic E-state index is 0.585. The van der Waals surface area contributed by atoms with Crippen LogP contribution in [0.3, 0.4) is 0 Å². The van der Waals surface area contributed by atoms with Crippen molar-refractivity contribution in [3.8, 4) is 0 Å². The second-order valence-corrected chi connectivity index (χ2v) is 5.33. The Morgan fingerprint density at radius 2 is 2.24 bits per heavy atom. The molecule has 1 aromatic heterocycles. The van der Waals surface area contributed by atoms with Crippen LogP contribution >= 0.6 is 0 Å². The Kier molecular flexibility index (Phi) is 2.06. The molecule has 1 saturated heterocycles. The van der Waals surface area contributed by atoms with Crippen molar-refractivity contribution in [2.45, 2.75) is 38.3 Å². The van der Waals surface area contributed by atoms with Crippen molar-refractivity contribution in [2.24, 2.45) is 0 Å². The zero-order chi connectivity index (χ0) is 11.2. The summed E-state index contributed by atoms with van der Waals surface area (Å²) >= 11 is 0. The first-order valence-corrected chi connectivity index (χ1v) is 6.78. The maximum atomic E-state index is 3.67. The maximum absolute atomic E-state index is 3.67. The Morgan fingerprint density at radius 3 is 3.12 bits per heavy atom. The molecule has 2 aliphatic rings. The molecule has 0 saturated carbocycles. The third-order valence-corrected chi connectivity index (χ3v) is 4.31. The highest BCUT2D eigenvalue weighted by Crippen LogP contribution is 2.34. The molecule has 2 aliphatic heterocycles. The summed E-state index contributed by atoms with van der Waals surface area (Å²) in [5, 5.41) is 5.11. The Morgan fingerprint density at radius 1 is 1.24 bits per heavy atom. The molecule has 0 aliphatic carbocycles. The first-order chi connectivity index (χ1) is 8.43. The van der Waals surface area contributed by atoms with Crippen LogP contribution in [-0.4, -0.2) is 11.1 Å². The van der Waals surface area contributed by atoms with Crippen LogP contribution < -0.4 is 5.32 Å². The van der Waals surface area contributed by atoms with E-state index in [1.165, 1.54) is 60.9 Å². The van der Waals surface area contributed by atoms with E-state index in [0.717, 1.165) is 0 Å². The first-order valence-electron chi connectivity index (χ1n) is 6.78. The minimum Gasteiger partial charge on any atom is -0.342 e. The summed E-state index contributed by atoms with van der Waals surface area (Å²) in [5.74, 6) is 0. The molecule has 0 radical (unpaired) electrons. The molecule has 1 fully saturated rings. The number of nitrogens with zero attached hydrogens (tertiary/aromatic N) is 1. The van der Waals surface area contributed by atoms with Gasteiger partial charge in [-0.2, -0.15) is 0 Å². The highest BCUT2D eigenvalue weighted by Gasteiger charge is 2.23. The van der Waals surface area contributed by atoms with Gasteiger partial charge in [0.15, 0.2) is 0 Å². The van der Waals surface area contributed by atoms with Crippen molar-refractivity contribution in [2.75, 3.05) is 6.54 Å². The molecule has 17 heavy (non-hydrogen) atoms. The van der Waals surface area contributed by atoms with Crippen LogP contribution in [-0.2, 0) is 13.0 Å². The van der Waals surface area contributed by atoms with E-state index in [1.54, 1.807) is 0 Å². The quantitative estimate of drug-likeness (QED) is 0.791. The van der Waals surface area contributed by atoms with Gasteiger partial charge in [0.05, 0.1) is 5.52 Å². The Labute approximate surface area is 102 Å². The number of rotatable bonds is 1. The third-order valence-electron chi connectivity index (χ3n) is 4.31. The van der Waals surface area contributed by atoms with Gasteiger partial charge in [0, 0.05) is 23.7 Å². The second-order valence-electron chi connectivity index (χ2n) is 5.33. The molecule has 4 rings (SSSR count). The third kappa shape index (κ3) is 1.37.